The molecule has 9 nitrogen and oxygen atoms in total. The Bertz CT molecular complexity index is 1580. The van der Waals surface area contributed by atoms with Crippen molar-refractivity contribution in [1.29, 1.82) is 0 Å². The van der Waals surface area contributed by atoms with E-state index in [1.165, 1.54) is 31.5 Å². The SMILES string of the molecule is COC(=O)c1ccc(-c2nn(C(=O)c3c(C)cccc3Cl)c3cc(C(=O)N4CCOCC4)cnc23)c(F)c1. The van der Waals surface area contributed by atoms with Crippen molar-refractivity contribution < 1.29 is 28.2 Å². The van der Waals surface area contributed by atoms with Crippen molar-refractivity contribution in [2.75, 3.05) is 33.4 Å². The molecule has 0 radical (unpaired) electrons. The van der Waals surface area contributed by atoms with Gasteiger partial charge in [-0.05, 0) is 42.8 Å². The number of fused-ring (bicyclic) bond motifs is 1. The van der Waals surface area contributed by atoms with Gasteiger partial charge in [-0.3, -0.25) is 14.6 Å². The molecule has 4 aromatic rings. The predicted molar refractivity (Wildman–Crippen MR) is 137 cm³/mol. The molecular formula is C27H22ClFN4O5. The topological polar surface area (TPSA) is 104 Å². The second-order valence-electron chi connectivity index (χ2n) is 8.68. The van der Waals surface area contributed by atoms with E-state index < -0.39 is 17.7 Å². The van der Waals surface area contributed by atoms with Crippen molar-refractivity contribution in [3.8, 4) is 11.3 Å². The molecule has 2 aromatic heterocycles. The molecule has 0 unspecified atom stereocenters. The van der Waals surface area contributed by atoms with Crippen LogP contribution in [0.2, 0.25) is 5.02 Å². The normalized spacial score (nSPS) is 13.5. The highest BCUT2D eigenvalue weighted by Crippen LogP contribution is 2.31. The Morgan fingerprint density at radius 2 is 1.82 bits per heavy atom. The van der Waals surface area contributed by atoms with Crippen molar-refractivity contribution in [2.24, 2.45) is 0 Å². The zero-order valence-electron chi connectivity index (χ0n) is 20.5. The minimum Gasteiger partial charge on any atom is -0.465 e. The summed E-state index contributed by atoms with van der Waals surface area (Å²) in [6.07, 6.45) is 1.38. The van der Waals surface area contributed by atoms with Crippen LogP contribution in [0.3, 0.4) is 0 Å². The fourth-order valence-corrected chi connectivity index (χ4v) is 4.66. The van der Waals surface area contributed by atoms with Crippen LogP contribution in [0.1, 0.15) is 36.6 Å². The minimum atomic E-state index is -0.754. The van der Waals surface area contributed by atoms with Crippen LogP contribution < -0.4 is 0 Å². The predicted octanol–water partition coefficient (Wildman–Crippen LogP) is 4.15. The quantitative estimate of drug-likeness (QED) is 0.361. The molecule has 1 aliphatic heterocycles. The zero-order valence-corrected chi connectivity index (χ0v) is 21.3. The summed E-state index contributed by atoms with van der Waals surface area (Å²) in [7, 11) is 1.20. The van der Waals surface area contributed by atoms with Gasteiger partial charge in [0.15, 0.2) is 0 Å². The number of carbonyl (C=O) groups is 3. The number of amides is 1. The van der Waals surface area contributed by atoms with Crippen molar-refractivity contribution in [1.82, 2.24) is 19.7 Å². The molecule has 0 N–H and O–H groups in total. The number of esters is 1. The third-order valence-corrected chi connectivity index (χ3v) is 6.65. The van der Waals surface area contributed by atoms with Crippen LogP contribution in [0.25, 0.3) is 22.3 Å². The number of morpholine rings is 1. The van der Waals surface area contributed by atoms with E-state index in [2.05, 4.69) is 14.8 Å². The van der Waals surface area contributed by atoms with Crippen LogP contribution in [0, 0.1) is 12.7 Å². The van der Waals surface area contributed by atoms with Crippen molar-refractivity contribution in [3.05, 3.63) is 81.8 Å². The molecule has 11 heteroatoms. The average molecular weight is 537 g/mol. The van der Waals surface area contributed by atoms with Crippen LogP contribution in [-0.4, -0.2) is 70.9 Å². The lowest BCUT2D eigenvalue weighted by molar-refractivity contribution is 0.0302. The number of halogens is 2. The summed E-state index contributed by atoms with van der Waals surface area (Å²) < 4.78 is 26.3. The molecule has 5 rings (SSSR count). The summed E-state index contributed by atoms with van der Waals surface area (Å²) in [5.74, 6) is -2.28. The minimum absolute atomic E-state index is 0.0184. The van der Waals surface area contributed by atoms with Gasteiger partial charge in [-0.1, -0.05) is 23.7 Å². The third kappa shape index (κ3) is 4.52. The third-order valence-electron chi connectivity index (χ3n) is 6.34. The summed E-state index contributed by atoms with van der Waals surface area (Å²) in [5.41, 5.74) is 1.60. The zero-order chi connectivity index (χ0) is 27.0. The highest BCUT2D eigenvalue weighted by atomic mass is 35.5. The molecule has 38 heavy (non-hydrogen) atoms. The van der Waals surface area contributed by atoms with Crippen LogP contribution in [0.4, 0.5) is 4.39 Å². The van der Waals surface area contributed by atoms with Gasteiger partial charge in [-0.15, -0.1) is 0 Å². The van der Waals surface area contributed by atoms with Gasteiger partial charge in [0.25, 0.3) is 11.8 Å². The van der Waals surface area contributed by atoms with Crippen LogP contribution >= 0.6 is 11.6 Å². The van der Waals surface area contributed by atoms with Gasteiger partial charge in [0.1, 0.15) is 17.0 Å². The number of aryl methyl sites for hydroxylation is 1. The smallest absolute Gasteiger partial charge is 0.337 e. The first-order valence-electron chi connectivity index (χ1n) is 11.7. The number of hydrogen-bond donors (Lipinski definition) is 0. The Labute approximate surface area is 221 Å². The van der Waals surface area contributed by atoms with Gasteiger partial charge in [-0.25, -0.2) is 9.18 Å². The van der Waals surface area contributed by atoms with Crippen molar-refractivity contribution >= 4 is 40.4 Å². The van der Waals surface area contributed by atoms with E-state index >= 15 is 4.39 Å². The summed E-state index contributed by atoms with van der Waals surface area (Å²) >= 11 is 6.36. The molecule has 0 aliphatic carbocycles. The van der Waals surface area contributed by atoms with Crippen molar-refractivity contribution in [2.45, 2.75) is 6.92 Å². The standard InChI is InChI=1S/C27H22ClFN4O5/c1-15-4-3-5-19(28)22(15)26(35)33-21-13-17(25(34)32-8-10-38-11-9-32)14-30-24(21)23(31-33)18-7-6-16(12-20(18)29)27(36)37-2/h3-7,12-14H,8-11H2,1-2H3. The maximum absolute atomic E-state index is 15.2. The van der Waals surface area contributed by atoms with Gasteiger partial charge in [0.05, 0.1) is 47.6 Å². The highest BCUT2D eigenvalue weighted by Gasteiger charge is 2.26. The van der Waals surface area contributed by atoms with E-state index in [0.717, 1.165) is 10.7 Å². The number of rotatable bonds is 4. The number of carbonyl (C=O) groups excluding carboxylic acids is 3. The molecule has 1 saturated heterocycles. The molecule has 2 aromatic carbocycles. The summed E-state index contributed by atoms with van der Waals surface area (Å²) in [6.45, 7) is 3.44. The van der Waals surface area contributed by atoms with Gasteiger partial charge in [0.2, 0.25) is 0 Å². The second kappa shape index (κ2) is 10.3. The monoisotopic (exact) mass is 536 g/mol. The maximum Gasteiger partial charge on any atom is 0.337 e. The highest BCUT2D eigenvalue weighted by molar-refractivity contribution is 6.34. The number of hydrogen-bond acceptors (Lipinski definition) is 7. The number of aromatic nitrogens is 3. The Hall–Kier alpha value is -4.15. The Balaban J connectivity index is 1.69. The number of pyridine rings is 1. The molecule has 1 amide bonds. The van der Waals surface area contributed by atoms with E-state index in [9.17, 15) is 14.4 Å². The fraction of sp³-hybridized carbons (Fsp3) is 0.222. The number of methoxy groups -OCH3 is 1. The van der Waals surface area contributed by atoms with E-state index in [0.29, 0.717) is 31.9 Å². The first-order valence-corrected chi connectivity index (χ1v) is 12.1. The molecule has 1 fully saturated rings. The summed E-state index contributed by atoms with van der Waals surface area (Å²) in [4.78, 5) is 44.8. The van der Waals surface area contributed by atoms with E-state index in [4.69, 9.17) is 16.3 Å². The number of nitrogens with zero attached hydrogens (tertiary/aromatic N) is 4. The van der Waals surface area contributed by atoms with Crippen LogP contribution in [-0.2, 0) is 9.47 Å². The molecular weight excluding hydrogens is 515 g/mol. The van der Waals surface area contributed by atoms with Crippen LogP contribution in [0.5, 0.6) is 0 Å². The van der Waals surface area contributed by atoms with Crippen LogP contribution in [0.15, 0.2) is 48.7 Å². The summed E-state index contributed by atoms with van der Waals surface area (Å²) in [6, 6.07) is 10.4. The number of benzene rings is 2. The van der Waals surface area contributed by atoms with E-state index in [-0.39, 0.29) is 49.9 Å². The molecule has 3 heterocycles. The molecule has 0 spiro atoms. The van der Waals surface area contributed by atoms with Crippen molar-refractivity contribution in [3.63, 3.8) is 0 Å². The average Bonchev–Trinajstić information content (AvgIpc) is 3.31. The van der Waals surface area contributed by atoms with E-state index in [1.807, 2.05) is 0 Å². The van der Waals surface area contributed by atoms with Gasteiger partial charge < -0.3 is 14.4 Å². The Kier molecular flexibility index (Phi) is 6.92. The number of ether oxygens (including phenoxy) is 2. The molecule has 194 valence electrons. The first kappa shape index (κ1) is 25.5. The molecule has 0 atom stereocenters. The van der Waals surface area contributed by atoms with Gasteiger partial charge in [-0.2, -0.15) is 9.78 Å². The van der Waals surface area contributed by atoms with Gasteiger partial charge in [0, 0.05) is 24.8 Å². The lowest BCUT2D eigenvalue weighted by Crippen LogP contribution is -2.40. The Morgan fingerprint density at radius 3 is 2.50 bits per heavy atom. The maximum atomic E-state index is 15.2. The van der Waals surface area contributed by atoms with Gasteiger partial charge >= 0.3 is 5.97 Å². The van der Waals surface area contributed by atoms with E-state index in [1.54, 1.807) is 30.0 Å². The lowest BCUT2D eigenvalue weighted by Gasteiger charge is -2.26. The summed E-state index contributed by atoms with van der Waals surface area (Å²) in [5, 5.41) is 4.66. The molecule has 0 saturated carbocycles. The Morgan fingerprint density at radius 1 is 1.05 bits per heavy atom. The first-order chi connectivity index (χ1) is 18.3. The second-order valence-corrected chi connectivity index (χ2v) is 9.09. The molecule has 0 bridgehead atoms. The molecule has 1 aliphatic rings. The lowest BCUT2D eigenvalue weighted by atomic mass is 10.1. The fourth-order valence-electron chi connectivity index (χ4n) is 4.36. The largest absolute Gasteiger partial charge is 0.465 e.